The minimum atomic E-state index is -0.155. The zero-order chi connectivity index (χ0) is 16.8. The maximum absolute atomic E-state index is 12.0. The molecule has 1 unspecified atom stereocenters. The largest absolute Gasteiger partial charge is 0.486 e. The summed E-state index contributed by atoms with van der Waals surface area (Å²) in [6, 6.07) is 7.63. The van der Waals surface area contributed by atoms with E-state index < -0.39 is 0 Å². The molecule has 1 saturated heterocycles. The van der Waals surface area contributed by atoms with Crippen LogP contribution in [0.2, 0.25) is 0 Å². The number of aromatic nitrogens is 3. The van der Waals surface area contributed by atoms with Gasteiger partial charge in [0.2, 0.25) is 10.1 Å². The number of nitrogens with zero attached hydrogens (tertiary/aromatic N) is 4. The fourth-order valence-electron chi connectivity index (χ4n) is 3.53. The van der Waals surface area contributed by atoms with Gasteiger partial charge in [0.1, 0.15) is 13.2 Å². The van der Waals surface area contributed by atoms with Crippen LogP contribution in [0.1, 0.15) is 24.4 Å². The van der Waals surface area contributed by atoms with Crippen LogP contribution < -0.4 is 19.9 Å². The summed E-state index contributed by atoms with van der Waals surface area (Å²) in [6.07, 6.45) is 3.60. The number of benzene rings is 1. The van der Waals surface area contributed by atoms with Crippen LogP contribution in [0.5, 0.6) is 11.5 Å². The number of fused-ring (bicyclic) bond motifs is 2. The van der Waals surface area contributed by atoms with Gasteiger partial charge in [-0.15, -0.1) is 5.10 Å². The minimum absolute atomic E-state index is 0.155. The van der Waals surface area contributed by atoms with Crippen molar-refractivity contribution >= 4 is 21.4 Å². The second kappa shape index (κ2) is 5.73. The van der Waals surface area contributed by atoms with Crippen molar-refractivity contribution in [2.45, 2.75) is 18.9 Å². The predicted molar refractivity (Wildman–Crippen MR) is 93.9 cm³/mol. The quantitative estimate of drug-likeness (QED) is 0.702. The van der Waals surface area contributed by atoms with Crippen molar-refractivity contribution in [1.29, 1.82) is 0 Å². The summed E-state index contributed by atoms with van der Waals surface area (Å²) in [7, 11) is 0. The highest BCUT2D eigenvalue weighted by Crippen LogP contribution is 2.44. The number of anilines is 1. The van der Waals surface area contributed by atoms with Crippen LogP contribution in [0.15, 0.2) is 35.3 Å². The molecule has 0 saturated carbocycles. The van der Waals surface area contributed by atoms with Crippen molar-refractivity contribution in [2.75, 3.05) is 24.7 Å². The molecule has 128 valence electrons. The van der Waals surface area contributed by atoms with Crippen LogP contribution in [0.4, 0.5) is 5.13 Å². The zero-order valence-electron chi connectivity index (χ0n) is 13.4. The molecule has 0 spiro atoms. The lowest BCUT2D eigenvalue weighted by Crippen LogP contribution is -2.25. The third-order valence-electron chi connectivity index (χ3n) is 4.61. The van der Waals surface area contributed by atoms with Crippen LogP contribution in [-0.2, 0) is 0 Å². The van der Waals surface area contributed by atoms with Gasteiger partial charge in [-0.2, -0.15) is 4.52 Å². The van der Waals surface area contributed by atoms with E-state index in [-0.39, 0.29) is 11.6 Å². The Morgan fingerprint density at radius 2 is 2.12 bits per heavy atom. The van der Waals surface area contributed by atoms with Crippen LogP contribution in [0, 0.1) is 0 Å². The summed E-state index contributed by atoms with van der Waals surface area (Å²) in [6.45, 7) is 2.04. The highest BCUT2D eigenvalue weighted by atomic mass is 32.1. The van der Waals surface area contributed by atoms with Crippen molar-refractivity contribution in [3.63, 3.8) is 0 Å². The molecule has 5 rings (SSSR count). The van der Waals surface area contributed by atoms with E-state index in [4.69, 9.17) is 9.47 Å². The number of hydrogen-bond acceptors (Lipinski definition) is 7. The molecule has 0 amide bonds. The summed E-state index contributed by atoms with van der Waals surface area (Å²) >= 11 is 1.44. The predicted octanol–water partition coefficient (Wildman–Crippen LogP) is 2.26. The van der Waals surface area contributed by atoms with Crippen LogP contribution >= 0.6 is 11.3 Å². The lowest BCUT2D eigenvalue weighted by Gasteiger charge is -2.28. The molecule has 1 aromatic carbocycles. The van der Waals surface area contributed by atoms with Crippen LogP contribution in [-0.4, -0.2) is 34.4 Å². The lowest BCUT2D eigenvalue weighted by molar-refractivity contribution is 0.169. The fraction of sp³-hybridized carbons (Fsp3) is 0.353. The maximum Gasteiger partial charge on any atom is 0.275 e. The third kappa shape index (κ3) is 2.36. The Kier molecular flexibility index (Phi) is 3.37. The highest BCUT2D eigenvalue weighted by Gasteiger charge is 2.32. The Balaban J connectivity index is 1.58. The first-order valence-corrected chi connectivity index (χ1v) is 9.13. The normalized spacial score (nSPS) is 19.5. The number of hydrogen-bond donors (Lipinski definition) is 0. The monoisotopic (exact) mass is 356 g/mol. The standard InChI is InChI=1S/C17H16N4O3S/c22-14-6-7-18-16-21(14)19-17(25-16)20-8-2-4-12(20)11-3-1-5-13-15(11)24-10-9-23-13/h1,3,5-7,12H,2,4,8-10H2. The van der Waals surface area contributed by atoms with Gasteiger partial charge >= 0.3 is 0 Å². The Labute approximate surface area is 147 Å². The van der Waals surface area contributed by atoms with E-state index in [0.717, 1.165) is 41.6 Å². The molecule has 1 fully saturated rings. The van der Waals surface area contributed by atoms with E-state index in [2.05, 4.69) is 21.0 Å². The Morgan fingerprint density at radius 3 is 3.04 bits per heavy atom. The highest BCUT2D eigenvalue weighted by molar-refractivity contribution is 7.20. The van der Waals surface area contributed by atoms with Crippen molar-refractivity contribution in [1.82, 2.24) is 14.6 Å². The first-order chi connectivity index (χ1) is 12.3. The van der Waals surface area contributed by atoms with Crippen LogP contribution in [0.25, 0.3) is 4.96 Å². The molecule has 8 heteroatoms. The molecular formula is C17H16N4O3S. The van der Waals surface area contributed by atoms with E-state index >= 15 is 0 Å². The molecule has 0 aliphatic carbocycles. The summed E-state index contributed by atoms with van der Waals surface area (Å²) in [4.78, 5) is 19.1. The first kappa shape index (κ1) is 14.7. The second-order valence-corrected chi connectivity index (χ2v) is 7.02. The number of ether oxygens (including phenoxy) is 2. The van der Waals surface area contributed by atoms with E-state index in [1.165, 1.54) is 28.1 Å². The van der Waals surface area contributed by atoms with Gasteiger partial charge in [-0.05, 0) is 18.9 Å². The van der Waals surface area contributed by atoms with Crippen molar-refractivity contribution in [3.05, 3.63) is 46.4 Å². The molecule has 1 atom stereocenters. The molecule has 0 radical (unpaired) electrons. The topological polar surface area (TPSA) is 69.0 Å². The molecule has 0 bridgehead atoms. The summed E-state index contributed by atoms with van der Waals surface area (Å²) in [5, 5.41) is 5.31. The van der Waals surface area contributed by atoms with E-state index in [9.17, 15) is 4.79 Å². The fourth-order valence-corrected chi connectivity index (χ4v) is 4.48. The van der Waals surface area contributed by atoms with Gasteiger partial charge in [-0.1, -0.05) is 23.5 Å². The number of rotatable bonds is 2. The van der Waals surface area contributed by atoms with Gasteiger partial charge < -0.3 is 14.4 Å². The first-order valence-electron chi connectivity index (χ1n) is 8.31. The average Bonchev–Trinajstić information content (AvgIpc) is 3.28. The molecule has 0 N–H and O–H groups in total. The molecule has 2 aromatic heterocycles. The summed E-state index contributed by atoms with van der Waals surface area (Å²) in [5.74, 6) is 1.64. The zero-order valence-corrected chi connectivity index (χ0v) is 14.2. The van der Waals surface area contributed by atoms with Gasteiger partial charge in [0, 0.05) is 24.4 Å². The number of para-hydroxylation sites is 1. The summed E-state index contributed by atoms with van der Waals surface area (Å²) in [5.41, 5.74) is 0.964. The Hall–Kier alpha value is -2.61. The molecule has 7 nitrogen and oxygen atoms in total. The third-order valence-corrected chi connectivity index (χ3v) is 5.57. The molecule has 25 heavy (non-hydrogen) atoms. The van der Waals surface area contributed by atoms with Gasteiger partial charge in [0.25, 0.3) is 5.56 Å². The average molecular weight is 356 g/mol. The van der Waals surface area contributed by atoms with Crippen molar-refractivity contribution < 1.29 is 9.47 Å². The van der Waals surface area contributed by atoms with Gasteiger partial charge in [0.15, 0.2) is 11.5 Å². The molecule has 4 heterocycles. The van der Waals surface area contributed by atoms with E-state index in [0.29, 0.717) is 18.2 Å². The maximum atomic E-state index is 12.0. The van der Waals surface area contributed by atoms with Gasteiger partial charge in [-0.25, -0.2) is 4.98 Å². The molecule has 2 aliphatic rings. The molecular weight excluding hydrogens is 340 g/mol. The smallest absolute Gasteiger partial charge is 0.275 e. The van der Waals surface area contributed by atoms with Gasteiger partial charge in [-0.3, -0.25) is 4.79 Å². The Bertz CT molecular complexity index is 999. The van der Waals surface area contributed by atoms with E-state index in [1.807, 2.05) is 12.1 Å². The molecule has 2 aliphatic heterocycles. The van der Waals surface area contributed by atoms with Gasteiger partial charge in [0.05, 0.1) is 6.04 Å². The Morgan fingerprint density at radius 1 is 1.20 bits per heavy atom. The lowest BCUT2D eigenvalue weighted by atomic mass is 10.0. The summed E-state index contributed by atoms with van der Waals surface area (Å²) < 4.78 is 13.0. The van der Waals surface area contributed by atoms with Crippen LogP contribution in [0.3, 0.4) is 0 Å². The SMILES string of the molecule is O=c1ccnc2sc(N3CCCC3c3cccc4c3OCCO4)nn12. The van der Waals surface area contributed by atoms with Crippen molar-refractivity contribution in [2.24, 2.45) is 0 Å². The molecule has 3 aromatic rings. The van der Waals surface area contributed by atoms with Crippen molar-refractivity contribution in [3.8, 4) is 11.5 Å². The van der Waals surface area contributed by atoms with E-state index in [1.54, 1.807) is 0 Å². The second-order valence-electron chi connectivity index (χ2n) is 6.08. The minimum Gasteiger partial charge on any atom is -0.486 e.